The van der Waals surface area contributed by atoms with Crippen LogP contribution in [0, 0.1) is 0 Å². The Labute approximate surface area is 195 Å². The molecule has 6 heteroatoms. The van der Waals surface area contributed by atoms with E-state index >= 15 is 0 Å². The van der Waals surface area contributed by atoms with E-state index in [0.717, 1.165) is 35.8 Å². The van der Waals surface area contributed by atoms with E-state index in [-0.39, 0.29) is 17.1 Å². The summed E-state index contributed by atoms with van der Waals surface area (Å²) in [5.41, 5.74) is 4.73. The molecule has 0 radical (unpaired) electrons. The van der Waals surface area contributed by atoms with Gasteiger partial charge in [-0.25, -0.2) is 0 Å². The standard InChI is InChI=1S/C26H32N4OS/c1-5-23(29(3)4)25-27-28-26(30(25)17-19-10-7-6-8-11-19)32-18(2)24(31)22-15-14-20-12-9-13-21(20)16-22/h6-8,10-11,14-16,18,23H,5,9,12-13,17H2,1-4H3/t18-,23+/m1/s1. The molecule has 0 saturated heterocycles. The molecule has 1 aromatic heterocycles. The summed E-state index contributed by atoms with van der Waals surface area (Å²) in [7, 11) is 4.14. The second kappa shape index (κ2) is 10.0. The lowest BCUT2D eigenvalue weighted by molar-refractivity contribution is 0.0993. The molecule has 0 saturated carbocycles. The van der Waals surface area contributed by atoms with Crippen molar-refractivity contribution in [2.45, 2.75) is 62.5 Å². The van der Waals surface area contributed by atoms with Crippen molar-refractivity contribution in [3.05, 3.63) is 76.6 Å². The van der Waals surface area contributed by atoms with E-state index in [1.54, 1.807) is 0 Å². The predicted octanol–water partition coefficient (Wildman–Crippen LogP) is 5.19. The number of rotatable bonds is 9. The zero-order valence-corrected chi connectivity index (χ0v) is 20.2. The van der Waals surface area contributed by atoms with Gasteiger partial charge < -0.3 is 4.57 Å². The maximum absolute atomic E-state index is 13.2. The average Bonchev–Trinajstić information content (AvgIpc) is 3.41. The Morgan fingerprint density at radius 3 is 2.56 bits per heavy atom. The summed E-state index contributed by atoms with van der Waals surface area (Å²) in [4.78, 5) is 15.4. The van der Waals surface area contributed by atoms with E-state index in [2.05, 4.69) is 77.1 Å². The predicted molar refractivity (Wildman–Crippen MR) is 130 cm³/mol. The molecule has 0 aliphatic heterocycles. The average molecular weight is 449 g/mol. The van der Waals surface area contributed by atoms with Gasteiger partial charge in [0.25, 0.3) is 0 Å². The summed E-state index contributed by atoms with van der Waals surface area (Å²) in [6.45, 7) is 4.83. The van der Waals surface area contributed by atoms with E-state index in [9.17, 15) is 4.79 Å². The molecule has 1 heterocycles. The van der Waals surface area contributed by atoms with Gasteiger partial charge >= 0.3 is 0 Å². The summed E-state index contributed by atoms with van der Waals surface area (Å²) in [5, 5.41) is 9.67. The highest BCUT2D eigenvalue weighted by Crippen LogP contribution is 2.30. The van der Waals surface area contributed by atoms with E-state index in [0.29, 0.717) is 6.54 Å². The first-order valence-corrected chi connectivity index (χ1v) is 12.3. The fourth-order valence-electron chi connectivity index (χ4n) is 4.50. The third-order valence-corrected chi connectivity index (χ3v) is 7.35. The number of thioether (sulfide) groups is 1. The molecule has 32 heavy (non-hydrogen) atoms. The molecule has 2 atom stereocenters. The summed E-state index contributed by atoms with van der Waals surface area (Å²) in [5.74, 6) is 1.10. The van der Waals surface area contributed by atoms with E-state index in [1.165, 1.54) is 34.9 Å². The van der Waals surface area contributed by atoms with Gasteiger partial charge in [-0.2, -0.15) is 0 Å². The Hall–Kier alpha value is -2.44. The van der Waals surface area contributed by atoms with Crippen molar-refractivity contribution >= 4 is 17.5 Å². The van der Waals surface area contributed by atoms with Crippen LogP contribution >= 0.6 is 11.8 Å². The highest BCUT2D eigenvalue weighted by Gasteiger charge is 2.26. The quantitative estimate of drug-likeness (QED) is 0.333. The Bertz CT molecular complexity index is 1080. The van der Waals surface area contributed by atoms with Crippen molar-refractivity contribution in [1.29, 1.82) is 0 Å². The number of carbonyl (C=O) groups is 1. The number of Topliss-reactive ketones (excluding diaryl/α,β-unsaturated/α-hetero) is 1. The SMILES string of the molecule is CC[C@@H](c1nnc(S[C@H](C)C(=O)c2ccc3c(c2)CCC3)n1Cc1ccccc1)N(C)C. The van der Waals surface area contributed by atoms with Gasteiger partial charge in [0.2, 0.25) is 0 Å². The lowest BCUT2D eigenvalue weighted by Crippen LogP contribution is -2.23. The van der Waals surface area contributed by atoms with Gasteiger partial charge in [0.1, 0.15) is 0 Å². The molecular formula is C26H32N4OS. The molecule has 0 fully saturated rings. The number of benzene rings is 2. The molecule has 5 nitrogen and oxygen atoms in total. The second-order valence-corrected chi connectivity index (χ2v) is 10.1. The number of fused-ring (bicyclic) bond motifs is 1. The van der Waals surface area contributed by atoms with Crippen LogP contribution in [0.1, 0.15) is 65.6 Å². The van der Waals surface area contributed by atoms with Crippen molar-refractivity contribution in [2.75, 3.05) is 14.1 Å². The Kier molecular flexibility index (Phi) is 7.11. The summed E-state index contributed by atoms with van der Waals surface area (Å²) >= 11 is 1.51. The zero-order valence-electron chi connectivity index (χ0n) is 19.4. The number of aromatic nitrogens is 3. The van der Waals surface area contributed by atoms with Gasteiger partial charge in [0, 0.05) is 5.56 Å². The first-order valence-electron chi connectivity index (χ1n) is 11.4. The largest absolute Gasteiger partial charge is 0.300 e. The molecule has 0 N–H and O–H groups in total. The van der Waals surface area contributed by atoms with Crippen LogP contribution in [0.25, 0.3) is 0 Å². The first-order chi connectivity index (χ1) is 15.5. The monoisotopic (exact) mass is 448 g/mol. The van der Waals surface area contributed by atoms with Crippen LogP contribution < -0.4 is 0 Å². The van der Waals surface area contributed by atoms with Gasteiger partial charge in [-0.1, -0.05) is 61.2 Å². The number of hydrogen-bond donors (Lipinski definition) is 0. The minimum atomic E-state index is -0.236. The highest BCUT2D eigenvalue weighted by atomic mass is 32.2. The molecule has 0 unspecified atom stereocenters. The number of nitrogens with zero attached hydrogens (tertiary/aromatic N) is 4. The van der Waals surface area contributed by atoms with Crippen molar-refractivity contribution in [3.8, 4) is 0 Å². The molecule has 4 rings (SSSR count). The third-order valence-electron chi connectivity index (χ3n) is 6.27. The van der Waals surface area contributed by atoms with Crippen LogP contribution in [0.3, 0.4) is 0 Å². The molecule has 0 amide bonds. The van der Waals surface area contributed by atoms with Crippen LogP contribution in [0.4, 0.5) is 0 Å². The maximum atomic E-state index is 13.2. The molecular weight excluding hydrogens is 416 g/mol. The zero-order chi connectivity index (χ0) is 22.7. The summed E-state index contributed by atoms with van der Waals surface area (Å²) in [6.07, 6.45) is 4.33. The first kappa shape index (κ1) is 22.7. The minimum absolute atomic E-state index is 0.153. The molecule has 1 aliphatic rings. The lowest BCUT2D eigenvalue weighted by atomic mass is 10.0. The van der Waals surface area contributed by atoms with Crippen molar-refractivity contribution < 1.29 is 4.79 Å². The fraction of sp³-hybridized carbons (Fsp3) is 0.423. The Morgan fingerprint density at radius 2 is 1.84 bits per heavy atom. The number of ketones is 1. The highest BCUT2D eigenvalue weighted by molar-refractivity contribution is 8.00. The van der Waals surface area contributed by atoms with Crippen molar-refractivity contribution in [3.63, 3.8) is 0 Å². The number of hydrogen-bond acceptors (Lipinski definition) is 5. The molecule has 168 valence electrons. The summed E-state index contributed by atoms with van der Waals surface area (Å²) < 4.78 is 2.18. The van der Waals surface area contributed by atoms with Crippen molar-refractivity contribution in [1.82, 2.24) is 19.7 Å². The van der Waals surface area contributed by atoms with E-state index in [1.807, 2.05) is 19.1 Å². The van der Waals surface area contributed by atoms with Crippen LogP contribution in [0.2, 0.25) is 0 Å². The van der Waals surface area contributed by atoms with E-state index < -0.39 is 0 Å². The summed E-state index contributed by atoms with van der Waals surface area (Å²) in [6, 6.07) is 16.8. The van der Waals surface area contributed by atoms with E-state index in [4.69, 9.17) is 0 Å². The third kappa shape index (κ3) is 4.81. The molecule has 1 aliphatic carbocycles. The van der Waals surface area contributed by atoms with Crippen LogP contribution in [-0.4, -0.2) is 44.8 Å². The van der Waals surface area contributed by atoms with Crippen LogP contribution in [0.5, 0.6) is 0 Å². The maximum Gasteiger partial charge on any atom is 0.192 e. The topological polar surface area (TPSA) is 51.0 Å². The Morgan fingerprint density at radius 1 is 1.09 bits per heavy atom. The molecule has 2 aromatic carbocycles. The van der Waals surface area contributed by atoms with Gasteiger partial charge in [-0.3, -0.25) is 9.69 Å². The smallest absolute Gasteiger partial charge is 0.192 e. The molecule has 0 bridgehead atoms. The second-order valence-electron chi connectivity index (χ2n) is 8.76. The van der Waals surface area contributed by atoms with Gasteiger partial charge in [0.05, 0.1) is 17.8 Å². The number of carbonyl (C=O) groups excluding carboxylic acids is 1. The molecule has 3 aromatic rings. The normalized spacial score (nSPS) is 15.0. The minimum Gasteiger partial charge on any atom is -0.300 e. The van der Waals surface area contributed by atoms with Crippen LogP contribution in [0.15, 0.2) is 53.7 Å². The van der Waals surface area contributed by atoms with Crippen molar-refractivity contribution in [2.24, 2.45) is 0 Å². The Balaban J connectivity index is 1.60. The number of aryl methyl sites for hydroxylation is 2. The molecule has 0 spiro atoms. The van der Waals surface area contributed by atoms with Gasteiger partial charge in [0.15, 0.2) is 16.8 Å². The van der Waals surface area contributed by atoms with Crippen LogP contribution in [-0.2, 0) is 19.4 Å². The van der Waals surface area contributed by atoms with Gasteiger partial charge in [-0.15, -0.1) is 10.2 Å². The lowest BCUT2D eigenvalue weighted by Gasteiger charge is -2.23. The fourth-order valence-corrected chi connectivity index (χ4v) is 5.43. The van der Waals surface area contributed by atoms with Gasteiger partial charge in [-0.05, 0) is 69.5 Å².